The van der Waals surface area contributed by atoms with Gasteiger partial charge in [0, 0.05) is 45.3 Å². The van der Waals surface area contributed by atoms with Gasteiger partial charge in [0.05, 0.1) is 0 Å². The Labute approximate surface area is 181 Å². The van der Waals surface area contributed by atoms with Crippen LogP contribution < -0.4 is 15.4 Å². The van der Waals surface area contributed by atoms with E-state index in [-0.39, 0.29) is 35.4 Å². The van der Waals surface area contributed by atoms with Crippen molar-refractivity contribution in [2.24, 2.45) is 4.99 Å². The molecule has 0 aliphatic heterocycles. The molecule has 0 saturated heterocycles. The van der Waals surface area contributed by atoms with Crippen LogP contribution in [0.1, 0.15) is 5.56 Å². The monoisotopic (exact) mass is 524 g/mol. The van der Waals surface area contributed by atoms with Crippen molar-refractivity contribution in [3.63, 3.8) is 0 Å². The zero-order valence-corrected chi connectivity index (χ0v) is 18.6. The minimum absolute atomic E-state index is 0. The maximum atomic E-state index is 12.1. The van der Waals surface area contributed by atoms with Gasteiger partial charge in [0.2, 0.25) is 10.0 Å². The van der Waals surface area contributed by atoms with Crippen LogP contribution in [0.4, 0.5) is 0 Å². The Kier molecular flexibility index (Phi) is 10.5. The van der Waals surface area contributed by atoms with E-state index in [9.17, 15) is 8.42 Å². The maximum Gasteiger partial charge on any atom is 0.242 e. The summed E-state index contributed by atoms with van der Waals surface area (Å²) < 4.78 is 26.6. The lowest BCUT2D eigenvalue weighted by Gasteiger charge is -2.12. The Morgan fingerprint density at radius 2 is 1.93 bits per heavy atom. The number of rotatable bonds is 8. The van der Waals surface area contributed by atoms with E-state index in [0.717, 1.165) is 12.0 Å². The van der Waals surface area contributed by atoms with Gasteiger partial charge in [0.1, 0.15) is 10.0 Å². The standard InChI is InChI=1S/C16H21ClN6O2S.HI/c1-18-16(20-8-6-13-4-5-15(17)22-11-13)21-9-10-23-26(24,25)14-3-2-7-19-12-14;/h2-5,7,11-12,23H,6,8-10H2,1H3,(H2,18,20,21);1H. The van der Waals surface area contributed by atoms with E-state index >= 15 is 0 Å². The van der Waals surface area contributed by atoms with Gasteiger partial charge in [-0.2, -0.15) is 0 Å². The second kappa shape index (κ2) is 12.1. The number of nitrogens with zero attached hydrogens (tertiary/aromatic N) is 3. The summed E-state index contributed by atoms with van der Waals surface area (Å²) in [5.41, 5.74) is 1.06. The van der Waals surface area contributed by atoms with Crippen molar-refractivity contribution in [2.45, 2.75) is 11.3 Å². The van der Waals surface area contributed by atoms with Crippen LogP contribution in [0.5, 0.6) is 0 Å². The topological polar surface area (TPSA) is 108 Å². The number of nitrogens with one attached hydrogen (secondary N) is 3. The summed E-state index contributed by atoms with van der Waals surface area (Å²) in [7, 11) is -1.90. The Morgan fingerprint density at radius 1 is 1.15 bits per heavy atom. The average Bonchev–Trinajstić information content (AvgIpc) is 2.66. The smallest absolute Gasteiger partial charge is 0.242 e. The van der Waals surface area contributed by atoms with E-state index in [0.29, 0.717) is 24.2 Å². The first-order chi connectivity index (χ1) is 12.5. The van der Waals surface area contributed by atoms with Crippen LogP contribution in [0.25, 0.3) is 0 Å². The van der Waals surface area contributed by atoms with Gasteiger partial charge in [0.15, 0.2) is 5.96 Å². The lowest BCUT2D eigenvalue weighted by molar-refractivity contribution is 0.580. The molecule has 0 spiro atoms. The molecule has 0 aromatic carbocycles. The highest BCUT2D eigenvalue weighted by atomic mass is 127. The van der Waals surface area contributed by atoms with E-state index in [1.807, 2.05) is 6.07 Å². The number of aliphatic imine (C=N–C) groups is 1. The Balaban J connectivity index is 0.00000364. The summed E-state index contributed by atoms with van der Waals surface area (Å²) in [6, 6.07) is 6.74. The maximum absolute atomic E-state index is 12.1. The van der Waals surface area contributed by atoms with Gasteiger partial charge in [-0.3, -0.25) is 9.98 Å². The fraction of sp³-hybridized carbons (Fsp3) is 0.312. The van der Waals surface area contributed by atoms with Crippen molar-refractivity contribution in [1.82, 2.24) is 25.3 Å². The number of pyridine rings is 2. The van der Waals surface area contributed by atoms with Crippen LogP contribution >= 0.6 is 35.6 Å². The van der Waals surface area contributed by atoms with Gasteiger partial charge < -0.3 is 10.6 Å². The van der Waals surface area contributed by atoms with Crippen molar-refractivity contribution >= 4 is 51.6 Å². The average molecular weight is 525 g/mol. The fourth-order valence-corrected chi connectivity index (χ4v) is 3.16. The largest absolute Gasteiger partial charge is 0.356 e. The molecule has 0 bridgehead atoms. The van der Waals surface area contributed by atoms with Crippen molar-refractivity contribution in [2.75, 3.05) is 26.7 Å². The molecule has 0 atom stereocenters. The molecule has 0 amide bonds. The predicted molar refractivity (Wildman–Crippen MR) is 117 cm³/mol. The summed E-state index contributed by atoms with van der Waals surface area (Å²) in [4.78, 5) is 12.1. The number of halogens is 2. The number of aromatic nitrogens is 2. The Morgan fingerprint density at radius 3 is 2.56 bits per heavy atom. The van der Waals surface area contributed by atoms with E-state index in [1.165, 1.54) is 18.5 Å². The quantitative estimate of drug-likeness (QED) is 0.159. The predicted octanol–water partition coefficient (Wildman–Crippen LogP) is 1.43. The highest BCUT2D eigenvalue weighted by Crippen LogP contribution is 2.05. The summed E-state index contributed by atoms with van der Waals surface area (Å²) in [5, 5.41) is 6.67. The molecule has 148 valence electrons. The minimum Gasteiger partial charge on any atom is -0.356 e. The zero-order chi connectivity index (χ0) is 18.8. The first-order valence-corrected chi connectivity index (χ1v) is 9.82. The lowest BCUT2D eigenvalue weighted by Crippen LogP contribution is -2.42. The van der Waals surface area contributed by atoms with E-state index < -0.39 is 10.0 Å². The van der Waals surface area contributed by atoms with Crippen molar-refractivity contribution in [3.05, 3.63) is 53.6 Å². The van der Waals surface area contributed by atoms with Crippen LogP contribution in [0.3, 0.4) is 0 Å². The van der Waals surface area contributed by atoms with Gasteiger partial charge in [-0.05, 0) is 30.2 Å². The second-order valence-corrected chi connectivity index (χ2v) is 7.41. The van der Waals surface area contributed by atoms with Gasteiger partial charge in [-0.1, -0.05) is 17.7 Å². The molecule has 0 fully saturated rings. The fourth-order valence-electron chi connectivity index (χ4n) is 2.06. The summed E-state index contributed by atoms with van der Waals surface area (Å²) >= 11 is 5.75. The molecule has 27 heavy (non-hydrogen) atoms. The molecule has 2 aromatic rings. The van der Waals surface area contributed by atoms with Crippen LogP contribution in [-0.4, -0.2) is 51.0 Å². The molecule has 8 nitrogen and oxygen atoms in total. The summed E-state index contributed by atoms with van der Waals surface area (Å²) in [6.07, 6.45) is 5.32. The van der Waals surface area contributed by atoms with Crippen LogP contribution in [-0.2, 0) is 16.4 Å². The molecule has 3 N–H and O–H groups in total. The van der Waals surface area contributed by atoms with Crippen molar-refractivity contribution in [3.8, 4) is 0 Å². The van der Waals surface area contributed by atoms with Gasteiger partial charge in [0.25, 0.3) is 0 Å². The van der Waals surface area contributed by atoms with Crippen molar-refractivity contribution in [1.29, 1.82) is 0 Å². The zero-order valence-electron chi connectivity index (χ0n) is 14.7. The summed E-state index contributed by atoms with van der Waals surface area (Å²) in [5.74, 6) is 0.590. The molecular formula is C16H22ClIN6O2S. The van der Waals surface area contributed by atoms with Crippen LogP contribution in [0.15, 0.2) is 52.7 Å². The summed E-state index contributed by atoms with van der Waals surface area (Å²) in [6.45, 7) is 1.27. The molecule has 0 saturated carbocycles. The molecule has 2 aromatic heterocycles. The minimum atomic E-state index is -3.55. The normalized spacial score (nSPS) is 11.6. The molecule has 2 heterocycles. The van der Waals surface area contributed by atoms with E-state index in [2.05, 4.69) is 30.3 Å². The number of hydrogen-bond donors (Lipinski definition) is 3. The van der Waals surface area contributed by atoms with Gasteiger partial charge in [-0.15, -0.1) is 24.0 Å². The number of sulfonamides is 1. The van der Waals surface area contributed by atoms with E-state index in [4.69, 9.17) is 11.6 Å². The van der Waals surface area contributed by atoms with Crippen LogP contribution in [0, 0.1) is 0 Å². The van der Waals surface area contributed by atoms with Gasteiger partial charge >= 0.3 is 0 Å². The van der Waals surface area contributed by atoms with E-state index in [1.54, 1.807) is 25.4 Å². The third-order valence-corrected chi connectivity index (χ3v) is 5.04. The molecule has 0 aliphatic carbocycles. The molecular weight excluding hydrogens is 503 g/mol. The molecule has 0 radical (unpaired) electrons. The Hall–Kier alpha value is -1.50. The molecule has 0 aliphatic rings. The lowest BCUT2D eigenvalue weighted by atomic mass is 10.2. The molecule has 0 unspecified atom stereocenters. The highest BCUT2D eigenvalue weighted by Gasteiger charge is 2.12. The molecule has 2 rings (SSSR count). The first kappa shape index (κ1) is 23.5. The number of hydrogen-bond acceptors (Lipinski definition) is 5. The molecule has 11 heteroatoms. The van der Waals surface area contributed by atoms with Crippen molar-refractivity contribution < 1.29 is 8.42 Å². The third kappa shape index (κ3) is 8.37. The third-order valence-electron chi connectivity index (χ3n) is 3.37. The SMILES string of the molecule is CN=C(NCCNS(=O)(=O)c1cccnc1)NCCc1ccc(Cl)nc1.I. The van der Waals surface area contributed by atoms with Crippen LogP contribution in [0.2, 0.25) is 5.15 Å². The second-order valence-electron chi connectivity index (χ2n) is 5.25. The van der Waals surface area contributed by atoms with Gasteiger partial charge in [-0.25, -0.2) is 18.1 Å². The highest BCUT2D eigenvalue weighted by molar-refractivity contribution is 14.0. The Bertz CT molecular complexity index is 819. The first-order valence-electron chi connectivity index (χ1n) is 7.96. The number of guanidine groups is 1.